The summed E-state index contributed by atoms with van der Waals surface area (Å²) in [6.45, 7) is 0. The van der Waals surface area contributed by atoms with Crippen LogP contribution < -0.4 is 5.46 Å². The Labute approximate surface area is 70.5 Å². The van der Waals surface area contributed by atoms with Crippen molar-refractivity contribution in [2.45, 2.75) is 6.42 Å². The van der Waals surface area contributed by atoms with E-state index in [1.165, 1.54) is 6.20 Å². The molecule has 60 valence electrons. The minimum absolute atomic E-state index is 0.487. The van der Waals surface area contributed by atoms with Crippen LogP contribution in [0.1, 0.15) is 11.1 Å². The fraction of sp³-hybridized carbons (Fsp3) is 0.125. The van der Waals surface area contributed by atoms with Crippen LogP contribution in [-0.2, 0) is 6.42 Å². The van der Waals surface area contributed by atoms with Gasteiger partial charge in [0.1, 0.15) is 0 Å². The van der Waals surface area contributed by atoms with Crippen LogP contribution in [0.4, 0.5) is 0 Å². The summed E-state index contributed by atoms with van der Waals surface area (Å²) in [5.41, 5.74) is 2.45. The van der Waals surface area contributed by atoms with Crippen molar-refractivity contribution in [1.82, 2.24) is 4.98 Å². The summed E-state index contributed by atoms with van der Waals surface area (Å²) < 4.78 is 0. The van der Waals surface area contributed by atoms with E-state index >= 15 is 0 Å². The summed E-state index contributed by atoms with van der Waals surface area (Å²) >= 11 is 0. The minimum Gasteiger partial charge on any atom is -0.423 e. The van der Waals surface area contributed by atoms with E-state index in [2.05, 4.69) is 4.98 Å². The molecular weight excluding hydrogens is 153 g/mol. The van der Waals surface area contributed by atoms with Gasteiger partial charge in [-0.3, -0.25) is 4.98 Å². The SMILES string of the molecule is OB(O)c1cncc2c1C=CC2. The molecule has 3 nitrogen and oxygen atoms in total. The molecule has 1 aliphatic rings. The van der Waals surface area contributed by atoms with Gasteiger partial charge in [-0.1, -0.05) is 12.2 Å². The van der Waals surface area contributed by atoms with Gasteiger partial charge in [-0.05, 0) is 17.5 Å². The number of rotatable bonds is 1. The van der Waals surface area contributed by atoms with E-state index < -0.39 is 7.12 Å². The minimum atomic E-state index is -1.42. The maximum absolute atomic E-state index is 8.97. The van der Waals surface area contributed by atoms with Gasteiger partial charge in [-0.2, -0.15) is 0 Å². The zero-order chi connectivity index (χ0) is 8.55. The lowest BCUT2D eigenvalue weighted by molar-refractivity contribution is 0.425. The second kappa shape index (κ2) is 2.73. The molecule has 0 radical (unpaired) electrons. The first-order valence-electron chi connectivity index (χ1n) is 3.78. The lowest BCUT2D eigenvalue weighted by Gasteiger charge is -2.04. The molecule has 4 heteroatoms. The van der Waals surface area contributed by atoms with Gasteiger partial charge in [0, 0.05) is 17.9 Å². The molecule has 1 aliphatic carbocycles. The molecule has 1 aromatic rings. The molecule has 1 heterocycles. The average Bonchev–Trinajstić information content (AvgIpc) is 2.49. The standard InChI is InChI=1S/C8H8BNO2/c11-9(12)8-5-10-4-6-2-1-3-7(6)8/h1,3-5,11-12H,2H2. The first-order valence-corrected chi connectivity index (χ1v) is 3.78. The van der Waals surface area contributed by atoms with Crippen molar-refractivity contribution < 1.29 is 10.0 Å². The van der Waals surface area contributed by atoms with Gasteiger partial charge in [-0.15, -0.1) is 0 Å². The second-order valence-corrected chi connectivity index (χ2v) is 2.78. The normalized spacial score (nSPS) is 13.2. The van der Waals surface area contributed by atoms with Crippen molar-refractivity contribution >= 4 is 18.7 Å². The van der Waals surface area contributed by atoms with Gasteiger partial charge in [0.2, 0.25) is 0 Å². The molecule has 0 bridgehead atoms. The van der Waals surface area contributed by atoms with Crippen molar-refractivity contribution in [2.24, 2.45) is 0 Å². The van der Waals surface area contributed by atoms with Crippen LogP contribution in [0.2, 0.25) is 0 Å². The molecule has 0 aliphatic heterocycles. The molecule has 0 fully saturated rings. The largest absolute Gasteiger partial charge is 0.490 e. The van der Waals surface area contributed by atoms with Crippen molar-refractivity contribution in [3.63, 3.8) is 0 Å². The molecule has 1 aromatic heterocycles. The molecule has 2 N–H and O–H groups in total. The summed E-state index contributed by atoms with van der Waals surface area (Å²) in [5.74, 6) is 0. The first-order chi connectivity index (χ1) is 5.79. The first kappa shape index (κ1) is 7.52. The number of aromatic nitrogens is 1. The highest BCUT2D eigenvalue weighted by molar-refractivity contribution is 6.59. The zero-order valence-electron chi connectivity index (χ0n) is 6.44. The van der Waals surface area contributed by atoms with Crippen LogP contribution in [-0.4, -0.2) is 22.2 Å². The van der Waals surface area contributed by atoms with E-state index in [9.17, 15) is 0 Å². The fourth-order valence-electron chi connectivity index (χ4n) is 1.41. The number of nitrogens with zero attached hydrogens (tertiary/aromatic N) is 1. The highest BCUT2D eigenvalue weighted by Gasteiger charge is 2.18. The lowest BCUT2D eigenvalue weighted by Crippen LogP contribution is -2.32. The Morgan fingerprint density at radius 3 is 2.92 bits per heavy atom. The Morgan fingerprint density at radius 1 is 1.33 bits per heavy atom. The molecular formula is C8H8BNO2. The molecule has 0 atom stereocenters. The van der Waals surface area contributed by atoms with Gasteiger partial charge in [-0.25, -0.2) is 0 Å². The van der Waals surface area contributed by atoms with E-state index in [0.717, 1.165) is 17.5 Å². The maximum atomic E-state index is 8.97. The zero-order valence-corrected chi connectivity index (χ0v) is 6.44. The Hall–Kier alpha value is -1.13. The third kappa shape index (κ3) is 1.05. The Bertz CT molecular complexity index is 336. The van der Waals surface area contributed by atoms with Gasteiger partial charge in [0.15, 0.2) is 0 Å². The van der Waals surface area contributed by atoms with Crippen LogP contribution in [0.15, 0.2) is 18.5 Å². The molecule has 0 spiro atoms. The molecule has 0 amide bonds. The van der Waals surface area contributed by atoms with Crippen LogP contribution in [0.3, 0.4) is 0 Å². The van der Waals surface area contributed by atoms with Crippen molar-refractivity contribution in [3.05, 3.63) is 29.6 Å². The van der Waals surface area contributed by atoms with E-state index in [0.29, 0.717) is 5.46 Å². The van der Waals surface area contributed by atoms with Gasteiger partial charge < -0.3 is 10.0 Å². The maximum Gasteiger partial charge on any atom is 0.490 e. The Balaban J connectivity index is 2.56. The molecule has 12 heavy (non-hydrogen) atoms. The number of fused-ring (bicyclic) bond motifs is 1. The summed E-state index contributed by atoms with van der Waals surface area (Å²) in [6, 6.07) is 0. The number of hydrogen-bond donors (Lipinski definition) is 2. The van der Waals surface area contributed by atoms with E-state index in [-0.39, 0.29) is 0 Å². The Kier molecular flexibility index (Phi) is 1.71. The third-order valence-corrected chi connectivity index (χ3v) is 2.00. The monoisotopic (exact) mass is 161 g/mol. The van der Waals surface area contributed by atoms with E-state index in [1.807, 2.05) is 12.2 Å². The predicted octanol–water partition coefficient (Wildman–Crippen LogP) is -0.669. The van der Waals surface area contributed by atoms with Gasteiger partial charge in [0.05, 0.1) is 0 Å². The van der Waals surface area contributed by atoms with Crippen LogP contribution in [0.5, 0.6) is 0 Å². The van der Waals surface area contributed by atoms with Gasteiger partial charge >= 0.3 is 7.12 Å². The molecule has 0 aromatic carbocycles. The van der Waals surface area contributed by atoms with Crippen LogP contribution in [0, 0.1) is 0 Å². The molecule has 0 saturated carbocycles. The third-order valence-electron chi connectivity index (χ3n) is 2.00. The highest BCUT2D eigenvalue weighted by atomic mass is 16.4. The average molecular weight is 161 g/mol. The number of allylic oxidation sites excluding steroid dienone is 1. The highest BCUT2D eigenvalue weighted by Crippen LogP contribution is 2.15. The summed E-state index contributed by atoms with van der Waals surface area (Å²) in [7, 11) is -1.42. The summed E-state index contributed by atoms with van der Waals surface area (Å²) in [5, 5.41) is 17.9. The second-order valence-electron chi connectivity index (χ2n) is 2.78. The summed E-state index contributed by atoms with van der Waals surface area (Å²) in [4.78, 5) is 3.92. The van der Waals surface area contributed by atoms with Crippen LogP contribution in [0.25, 0.3) is 6.08 Å². The van der Waals surface area contributed by atoms with Crippen molar-refractivity contribution in [2.75, 3.05) is 0 Å². The van der Waals surface area contributed by atoms with Crippen molar-refractivity contribution in [1.29, 1.82) is 0 Å². The van der Waals surface area contributed by atoms with Crippen LogP contribution >= 0.6 is 0 Å². The number of pyridine rings is 1. The molecule has 0 unspecified atom stereocenters. The molecule has 2 rings (SSSR count). The van der Waals surface area contributed by atoms with E-state index in [4.69, 9.17) is 10.0 Å². The molecule has 0 saturated heterocycles. The fourth-order valence-corrected chi connectivity index (χ4v) is 1.41. The van der Waals surface area contributed by atoms with Crippen molar-refractivity contribution in [3.8, 4) is 0 Å². The van der Waals surface area contributed by atoms with Gasteiger partial charge in [0.25, 0.3) is 0 Å². The smallest absolute Gasteiger partial charge is 0.423 e. The Morgan fingerprint density at radius 2 is 2.17 bits per heavy atom. The predicted molar refractivity (Wildman–Crippen MR) is 46.8 cm³/mol. The van der Waals surface area contributed by atoms with E-state index in [1.54, 1.807) is 6.20 Å². The number of hydrogen-bond acceptors (Lipinski definition) is 3. The summed E-state index contributed by atoms with van der Waals surface area (Å²) in [6.07, 6.45) is 7.95. The lowest BCUT2D eigenvalue weighted by atomic mass is 9.78. The topological polar surface area (TPSA) is 53.4 Å². The quantitative estimate of drug-likeness (QED) is 0.537.